The monoisotopic (exact) mass is 336 g/mol. The minimum atomic E-state index is -0.929. The second-order valence-electron chi connectivity index (χ2n) is 6.33. The van der Waals surface area contributed by atoms with E-state index in [1.165, 1.54) is 0 Å². The van der Waals surface area contributed by atoms with Crippen LogP contribution in [0.2, 0.25) is 0 Å². The Kier molecular flexibility index (Phi) is 4.67. The third-order valence-corrected chi connectivity index (χ3v) is 4.89. The number of methoxy groups -OCH3 is 2. The summed E-state index contributed by atoms with van der Waals surface area (Å²) in [4.78, 5) is 14.6. The maximum Gasteiger partial charge on any atom is 0.243 e. The minimum Gasteiger partial charge on any atom is -0.496 e. The average Bonchev–Trinajstić information content (AvgIpc) is 2.60. The average molecular weight is 336 g/mol. The molecule has 2 heterocycles. The molecular weight excluding hydrogens is 312 g/mol. The second-order valence-corrected chi connectivity index (χ2v) is 6.33. The van der Waals surface area contributed by atoms with Gasteiger partial charge in [-0.2, -0.15) is 0 Å². The van der Waals surface area contributed by atoms with Crippen LogP contribution in [-0.4, -0.2) is 55.4 Å². The molecule has 0 bridgehead atoms. The third kappa shape index (κ3) is 2.83. The summed E-state index contributed by atoms with van der Waals surface area (Å²) in [6, 6.07) is 3.55. The van der Waals surface area contributed by atoms with Crippen LogP contribution in [-0.2, 0) is 16.1 Å². The first-order chi connectivity index (χ1) is 11.5. The molecule has 24 heavy (non-hydrogen) atoms. The van der Waals surface area contributed by atoms with E-state index < -0.39 is 11.6 Å². The maximum absolute atomic E-state index is 12.9. The largest absolute Gasteiger partial charge is 0.496 e. The highest BCUT2D eigenvalue weighted by atomic mass is 16.5. The van der Waals surface area contributed by atoms with Gasteiger partial charge in [0.25, 0.3) is 0 Å². The number of carbonyl (C=O) groups is 1. The number of aliphatic hydroxyl groups is 1. The molecule has 1 saturated heterocycles. The van der Waals surface area contributed by atoms with Crippen molar-refractivity contribution in [3.8, 4) is 11.5 Å². The summed E-state index contributed by atoms with van der Waals surface area (Å²) in [5, 5.41) is 10.6. The lowest BCUT2D eigenvalue weighted by molar-refractivity contribution is -0.143. The maximum atomic E-state index is 12.9. The first-order valence-electron chi connectivity index (χ1n) is 8.08. The number of fused-ring (bicyclic) bond motifs is 1. The lowest BCUT2D eigenvalue weighted by Gasteiger charge is -2.40. The molecule has 1 unspecified atom stereocenters. The molecule has 1 aromatic rings. The molecule has 0 saturated carbocycles. The first kappa shape index (κ1) is 17.0. The van der Waals surface area contributed by atoms with Gasteiger partial charge in [0.1, 0.15) is 17.6 Å². The van der Waals surface area contributed by atoms with Gasteiger partial charge < -0.3 is 30.0 Å². The normalized spacial score (nSPS) is 22.7. The quantitative estimate of drug-likeness (QED) is 0.839. The van der Waals surface area contributed by atoms with E-state index in [0.29, 0.717) is 49.7 Å². The highest BCUT2D eigenvalue weighted by Crippen LogP contribution is 2.40. The lowest BCUT2D eigenvalue weighted by atomic mass is 9.87. The summed E-state index contributed by atoms with van der Waals surface area (Å²) in [6.07, 6.45) is 0.132. The van der Waals surface area contributed by atoms with Crippen molar-refractivity contribution in [3.63, 3.8) is 0 Å². The number of β-amino-alcohol motifs (C(OH)–C–C–N with tert-alkyl or cyclic N) is 1. The molecule has 1 atom stereocenters. The van der Waals surface area contributed by atoms with Crippen LogP contribution in [0.5, 0.6) is 11.5 Å². The molecule has 3 N–H and O–H groups in total. The summed E-state index contributed by atoms with van der Waals surface area (Å²) in [6.45, 7) is 1.49. The molecule has 1 fully saturated rings. The third-order valence-electron chi connectivity index (χ3n) is 4.89. The van der Waals surface area contributed by atoms with Gasteiger partial charge in [0, 0.05) is 30.9 Å². The Morgan fingerprint density at radius 2 is 1.92 bits per heavy atom. The Morgan fingerprint density at radius 1 is 1.29 bits per heavy atom. The number of nitrogens with two attached hydrogens (primary N) is 1. The van der Waals surface area contributed by atoms with E-state index in [1.54, 1.807) is 31.3 Å². The predicted molar refractivity (Wildman–Crippen MR) is 86.9 cm³/mol. The van der Waals surface area contributed by atoms with E-state index in [2.05, 4.69) is 0 Å². The highest BCUT2D eigenvalue weighted by Gasteiger charge is 2.42. The van der Waals surface area contributed by atoms with Crippen molar-refractivity contribution in [1.82, 2.24) is 4.90 Å². The zero-order chi connectivity index (χ0) is 17.3. The van der Waals surface area contributed by atoms with Crippen molar-refractivity contribution in [2.75, 3.05) is 34.0 Å². The summed E-state index contributed by atoms with van der Waals surface area (Å²) in [5.74, 6) is 1.07. The Bertz CT molecular complexity index is 628. The number of nitrogens with zero attached hydrogens (tertiary/aromatic N) is 1. The number of benzene rings is 1. The smallest absolute Gasteiger partial charge is 0.243 e. The standard InChI is InChI=1S/C17H24N2O5/c1-22-13-3-4-14(23-2)15-11(13)9-19(10-12(15)20)16(21)17(18)5-7-24-8-6-17/h3-4,12,20H,5-10,18H2,1-2H3. The molecule has 3 rings (SSSR count). The van der Waals surface area contributed by atoms with Crippen LogP contribution >= 0.6 is 0 Å². The molecule has 1 amide bonds. The van der Waals surface area contributed by atoms with Crippen LogP contribution in [0.25, 0.3) is 0 Å². The summed E-state index contributed by atoms with van der Waals surface area (Å²) in [5.41, 5.74) is 6.83. The molecule has 0 spiro atoms. The van der Waals surface area contributed by atoms with Crippen molar-refractivity contribution < 1.29 is 24.1 Å². The van der Waals surface area contributed by atoms with Gasteiger partial charge in [-0.1, -0.05) is 0 Å². The van der Waals surface area contributed by atoms with Crippen LogP contribution in [0, 0.1) is 0 Å². The van der Waals surface area contributed by atoms with Gasteiger partial charge in [-0.05, 0) is 25.0 Å². The fraction of sp³-hybridized carbons (Fsp3) is 0.588. The van der Waals surface area contributed by atoms with Crippen LogP contribution in [0.3, 0.4) is 0 Å². The summed E-state index contributed by atoms with van der Waals surface area (Å²) in [7, 11) is 3.13. The van der Waals surface area contributed by atoms with Crippen molar-refractivity contribution in [2.24, 2.45) is 5.73 Å². The van der Waals surface area contributed by atoms with E-state index in [0.717, 1.165) is 5.56 Å². The van der Waals surface area contributed by atoms with Crippen LogP contribution in [0.15, 0.2) is 12.1 Å². The Labute approximate surface area is 141 Å². The number of ether oxygens (including phenoxy) is 3. The number of aliphatic hydroxyl groups excluding tert-OH is 1. The van der Waals surface area contributed by atoms with Crippen molar-refractivity contribution in [3.05, 3.63) is 23.3 Å². The van der Waals surface area contributed by atoms with Gasteiger partial charge in [-0.15, -0.1) is 0 Å². The second kappa shape index (κ2) is 6.58. The molecule has 0 radical (unpaired) electrons. The molecule has 0 aromatic heterocycles. The Morgan fingerprint density at radius 3 is 2.54 bits per heavy atom. The number of amides is 1. The van der Waals surface area contributed by atoms with Crippen molar-refractivity contribution in [2.45, 2.75) is 31.0 Å². The Hall–Kier alpha value is -1.83. The molecule has 0 aliphatic carbocycles. The van der Waals surface area contributed by atoms with E-state index >= 15 is 0 Å². The predicted octanol–water partition coefficient (Wildman–Crippen LogP) is 0.587. The molecule has 2 aliphatic rings. The number of carbonyl (C=O) groups excluding carboxylic acids is 1. The zero-order valence-corrected chi connectivity index (χ0v) is 14.1. The van der Waals surface area contributed by atoms with E-state index in [-0.39, 0.29) is 12.5 Å². The molecule has 7 nitrogen and oxygen atoms in total. The molecule has 132 valence electrons. The van der Waals surface area contributed by atoms with Gasteiger partial charge in [0.15, 0.2) is 0 Å². The Balaban J connectivity index is 1.92. The fourth-order valence-corrected chi connectivity index (χ4v) is 3.50. The van der Waals surface area contributed by atoms with Gasteiger partial charge in [-0.25, -0.2) is 0 Å². The number of rotatable bonds is 3. The SMILES string of the molecule is COc1ccc(OC)c2c1CN(C(=O)C1(N)CCOCC1)CC2O. The number of hydrogen-bond donors (Lipinski definition) is 2. The first-order valence-corrected chi connectivity index (χ1v) is 8.08. The van der Waals surface area contributed by atoms with Crippen molar-refractivity contribution in [1.29, 1.82) is 0 Å². The van der Waals surface area contributed by atoms with Crippen LogP contribution in [0.4, 0.5) is 0 Å². The summed E-state index contributed by atoms with van der Waals surface area (Å²) < 4.78 is 16.1. The lowest BCUT2D eigenvalue weighted by Crippen LogP contribution is -2.59. The summed E-state index contributed by atoms with van der Waals surface area (Å²) >= 11 is 0. The molecule has 2 aliphatic heterocycles. The van der Waals surface area contributed by atoms with Gasteiger partial charge >= 0.3 is 0 Å². The van der Waals surface area contributed by atoms with E-state index in [9.17, 15) is 9.90 Å². The van der Waals surface area contributed by atoms with Crippen LogP contribution < -0.4 is 15.2 Å². The zero-order valence-electron chi connectivity index (χ0n) is 14.1. The topological polar surface area (TPSA) is 94.3 Å². The van der Waals surface area contributed by atoms with E-state index in [1.807, 2.05) is 0 Å². The van der Waals surface area contributed by atoms with Gasteiger partial charge in [0.2, 0.25) is 5.91 Å². The van der Waals surface area contributed by atoms with E-state index in [4.69, 9.17) is 19.9 Å². The minimum absolute atomic E-state index is 0.152. The van der Waals surface area contributed by atoms with Crippen LogP contribution in [0.1, 0.15) is 30.1 Å². The van der Waals surface area contributed by atoms with Crippen molar-refractivity contribution >= 4 is 5.91 Å². The highest BCUT2D eigenvalue weighted by molar-refractivity contribution is 5.86. The molecule has 7 heteroatoms. The fourth-order valence-electron chi connectivity index (χ4n) is 3.50. The molecule has 1 aromatic carbocycles. The number of hydrogen-bond acceptors (Lipinski definition) is 6. The van der Waals surface area contributed by atoms with Gasteiger partial charge in [-0.3, -0.25) is 4.79 Å². The van der Waals surface area contributed by atoms with Gasteiger partial charge in [0.05, 0.1) is 26.3 Å². The molecular formula is C17H24N2O5.